The first kappa shape index (κ1) is 32.5. The van der Waals surface area contributed by atoms with E-state index in [1.54, 1.807) is 5.30 Å². The van der Waals surface area contributed by atoms with Crippen LogP contribution in [0.3, 0.4) is 0 Å². The summed E-state index contributed by atoms with van der Waals surface area (Å²) in [5.74, 6) is 0. The first-order chi connectivity index (χ1) is 12.7. The van der Waals surface area contributed by atoms with Crippen LogP contribution in [0.2, 0.25) is 0 Å². The van der Waals surface area contributed by atoms with Crippen LogP contribution >= 0.6 is 7.26 Å². The van der Waals surface area contributed by atoms with E-state index in [4.69, 9.17) is 4.98 Å². The standard InChI is InChI=1S/C24H30NP.3BrH.Ir/c1-4-14-26(15-5-2,16-6-3)23-13-9-12-21(17-23)24-18-20-10-7-8-11-22(20)19-25-24;;;;/h7-11,13,17-19H,4-6,14-16H2,1-3H3;3*1H;/p-3. The van der Waals surface area contributed by atoms with E-state index in [9.17, 15) is 0 Å². The minimum atomic E-state index is -1.09. The number of benzene rings is 2. The van der Waals surface area contributed by atoms with Gasteiger partial charge in [0.25, 0.3) is 0 Å². The van der Waals surface area contributed by atoms with Crippen LogP contribution < -0.4 is 56.2 Å². The molecule has 0 amide bonds. The molecule has 1 heterocycles. The molecule has 0 saturated carbocycles. The molecule has 6 heteroatoms. The molecule has 0 aliphatic rings. The zero-order valence-electron chi connectivity index (χ0n) is 17.8. The van der Waals surface area contributed by atoms with Crippen molar-refractivity contribution in [3.05, 3.63) is 60.8 Å². The molecule has 0 atom stereocenters. The maximum Gasteiger partial charge on any atom is 0.0623 e. The number of hydrogen-bond acceptors (Lipinski definition) is 1. The zero-order valence-corrected chi connectivity index (χ0v) is 25.8. The second-order valence-corrected chi connectivity index (χ2v) is 11.3. The summed E-state index contributed by atoms with van der Waals surface area (Å²) in [6.07, 6.45) is 9.90. The third-order valence-electron chi connectivity index (χ3n) is 5.19. The molecular weight excluding hydrogens is 765 g/mol. The van der Waals surface area contributed by atoms with E-state index in [1.165, 1.54) is 48.5 Å². The van der Waals surface area contributed by atoms with E-state index in [1.807, 2.05) is 6.20 Å². The summed E-state index contributed by atoms with van der Waals surface area (Å²) in [5.41, 5.74) is 2.18. The summed E-state index contributed by atoms with van der Waals surface area (Å²) in [6, 6.07) is 20.9. The molecule has 1 radical (unpaired) electrons. The van der Waals surface area contributed by atoms with Gasteiger partial charge in [0, 0.05) is 38.9 Å². The Balaban J connectivity index is 0. The number of hydrogen-bond donors (Lipinski definition) is 0. The van der Waals surface area contributed by atoms with E-state index < -0.39 is 7.26 Å². The van der Waals surface area contributed by atoms with Crippen LogP contribution in [0.5, 0.6) is 0 Å². The summed E-state index contributed by atoms with van der Waals surface area (Å²) in [4.78, 5) is 4.72. The fraction of sp³-hybridized carbons (Fsp3) is 0.375. The first-order valence-corrected chi connectivity index (χ1v) is 12.3. The largest absolute Gasteiger partial charge is 1.00 e. The quantitative estimate of drug-likeness (QED) is 0.183. The first-order valence-electron chi connectivity index (χ1n) is 9.96. The molecular formula is C24H30Br3IrNP-3. The Kier molecular flexibility index (Phi) is 17.4. The van der Waals surface area contributed by atoms with Gasteiger partial charge in [0.05, 0.1) is 18.5 Å². The van der Waals surface area contributed by atoms with Crippen molar-refractivity contribution in [1.29, 1.82) is 0 Å². The van der Waals surface area contributed by atoms with E-state index in [0.29, 0.717) is 0 Å². The number of aromatic nitrogens is 1. The summed E-state index contributed by atoms with van der Waals surface area (Å²) in [5, 5.41) is 4.01. The van der Waals surface area contributed by atoms with Crippen LogP contribution in [-0.2, 0) is 20.1 Å². The van der Waals surface area contributed by atoms with Crippen LogP contribution in [-0.4, -0.2) is 23.5 Å². The van der Waals surface area contributed by atoms with Crippen LogP contribution in [0.4, 0.5) is 0 Å². The van der Waals surface area contributed by atoms with Crippen LogP contribution in [0.1, 0.15) is 40.0 Å². The van der Waals surface area contributed by atoms with Gasteiger partial charge in [-0.3, -0.25) is 0 Å². The molecule has 2 aromatic carbocycles. The molecule has 0 aliphatic heterocycles. The second kappa shape index (κ2) is 16.1. The molecule has 169 valence electrons. The van der Waals surface area contributed by atoms with E-state index in [-0.39, 0.29) is 71.0 Å². The van der Waals surface area contributed by atoms with Gasteiger partial charge in [-0.15, -0.1) is 29.8 Å². The molecule has 0 aliphatic carbocycles. The zero-order chi connectivity index (χ0) is 18.4. The van der Waals surface area contributed by atoms with Gasteiger partial charge in [-0.25, -0.2) is 0 Å². The number of rotatable bonds is 8. The van der Waals surface area contributed by atoms with Crippen molar-refractivity contribution in [3.63, 3.8) is 0 Å². The fourth-order valence-corrected chi connectivity index (χ4v) is 8.94. The fourth-order valence-electron chi connectivity index (χ4n) is 4.14. The van der Waals surface area contributed by atoms with Gasteiger partial charge in [-0.05, 0) is 35.7 Å². The van der Waals surface area contributed by atoms with Crippen molar-refractivity contribution >= 4 is 23.3 Å². The average molecular weight is 795 g/mol. The second-order valence-electron chi connectivity index (χ2n) is 7.19. The molecule has 1 aromatic heterocycles. The molecule has 3 aromatic rings. The molecule has 0 N–H and O–H groups in total. The van der Waals surface area contributed by atoms with Crippen molar-refractivity contribution in [2.24, 2.45) is 0 Å². The average Bonchev–Trinajstić information content (AvgIpc) is 2.68. The Bertz CT molecular complexity index is 859. The number of nitrogens with zero attached hydrogens (tertiary/aromatic N) is 1. The summed E-state index contributed by atoms with van der Waals surface area (Å²) in [7, 11) is -1.09. The van der Waals surface area contributed by atoms with Gasteiger partial charge in [0.15, 0.2) is 0 Å². The Hall–Kier alpha value is 0.369. The molecule has 0 saturated heterocycles. The predicted molar refractivity (Wildman–Crippen MR) is 118 cm³/mol. The summed E-state index contributed by atoms with van der Waals surface area (Å²) >= 11 is 0. The smallest absolute Gasteiger partial charge is 0.0623 e. The maximum atomic E-state index is 4.72. The summed E-state index contributed by atoms with van der Waals surface area (Å²) in [6.45, 7) is 7.00. The van der Waals surface area contributed by atoms with E-state index >= 15 is 0 Å². The number of pyridine rings is 1. The molecule has 0 bridgehead atoms. The minimum absolute atomic E-state index is 0. The van der Waals surface area contributed by atoms with Gasteiger partial charge < -0.3 is 55.9 Å². The minimum Gasteiger partial charge on any atom is -1.00 e. The Morgan fingerprint density at radius 3 is 1.93 bits per heavy atom. The molecule has 0 spiro atoms. The topological polar surface area (TPSA) is 12.9 Å². The Morgan fingerprint density at radius 2 is 1.37 bits per heavy atom. The van der Waals surface area contributed by atoms with Crippen molar-refractivity contribution in [1.82, 2.24) is 4.98 Å². The molecule has 30 heavy (non-hydrogen) atoms. The van der Waals surface area contributed by atoms with Gasteiger partial charge in [0.2, 0.25) is 0 Å². The van der Waals surface area contributed by atoms with Crippen LogP contribution in [0.25, 0.3) is 22.0 Å². The molecule has 1 nitrogen and oxygen atoms in total. The molecule has 0 fully saturated rings. The molecule has 0 unspecified atom stereocenters. The third kappa shape index (κ3) is 7.75. The van der Waals surface area contributed by atoms with Crippen molar-refractivity contribution in [2.75, 3.05) is 18.5 Å². The Morgan fingerprint density at radius 1 is 0.800 bits per heavy atom. The number of fused-ring (bicyclic) bond motifs is 1. The Labute approximate surface area is 228 Å². The monoisotopic (exact) mass is 793 g/mol. The van der Waals surface area contributed by atoms with E-state index in [0.717, 1.165) is 11.3 Å². The van der Waals surface area contributed by atoms with Gasteiger partial charge in [-0.2, -0.15) is 0 Å². The van der Waals surface area contributed by atoms with Crippen molar-refractivity contribution in [2.45, 2.75) is 40.0 Å². The van der Waals surface area contributed by atoms with Gasteiger partial charge in [-0.1, -0.05) is 51.1 Å². The van der Waals surface area contributed by atoms with Gasteiger partial charge in [0.1, 0.15) is 0 Å². The SMILES string of the molecule is CCC[P+](CCC)(CCC)c1cc[c-]c(-c2cc3ccccc3cn2)c1.[Br-].[Br-].[Br-].[Ir]. The molecule has 3 rings (SSSR count). The number of halogens is 3. The van der Waals surface area contributed by atoms with Gasteiger partial charge >= 0.3 is 0 Å². The van der Waals surface area contributed by atoms with Crippen molar-refractivity contribution in [3.8, 4) is 11.3 Å². The normalized spacial score (nSPS) is 10.2. The van der Waals surface area contributed by atoms with Crippen LogP contribution in [0.15, 0.2) is 54.7 Å². The third-order valence-corrected chi connectivity index (χ3v) is 10.5. The summed E-state index contributed by atoms with van der Waals surface area (Å²) < 4.78 is 0. The van der Waals surface area contributed by atoms with Crippen LogP contribution in [0, 0.1) is 6.07 Å². The maximum absolute atomic E-state index is 4.72. The van der Waals surface area contributed by atoms with E-state index in [2.05, 4.69) is 75.4 Å². The van der Waals surface area contributed by atoms with Crippen molar-refractivity contribution < 1.29 is 71.0 Å². The predicted octanol–water partition coefficient (Wildman–Crippen LogP) is -2.42.